The molecular weight excluding hydrogens is 625 g/mol. The summed E-state index contributed by atoms with van der Waals surface area (Å²) in [5.41, 5.74) is 0.948. The Kier molecular flexibility index (Phi) is 10.8. The summed E-state index contributed by atoms with van der Waals surface area (Å²) in [7, 11) is -4.13. The summed E-state index contributed by atoms with van der Waals surface area (Å²) in [6, 6.07) is 18.6. The van der Waals surface area contributed by atoms with Crippen molar-refractivity contribution in [2.45, 2.75) is 50.7 Å². The maximum Gasteiger partial charge on any atom is 0.264 e. The van der Waals surface area contributed by atoms with Crippen LogP contribution in [0.2, 0.25) is 10.0 Å². The molecule has 0 fully saturated rings. The van der Waals surface area contributed by atoms with Crippen molar-refractivity contribution >= 4 is 66.7 Å². The number of benzene rings is 3. The lowest BCUT2D eigenvalue weighted by Crippen LogP contribution is -2.53. The maximum absolute atomic E-state index is 14.0. The van der Waals surface area contributed by atoms with Gasteiger partial charge in [0.2, 0.25) is 11.8 Å². The monoisotopic (exact) mass is 653 g/mol. The molecule has 0 saturated heterocycles. The fraction of sp³-hybridized carbons (Fsp3) is 0.286. The van der Waals surface area contributed by atoms with Crippen LogP contribution >= 0.6 is 39.1 Å². The van der Waals surface area contributed by atoms with Crippen molar-refractivity contribution in [3.05, 3.63) is 92.9 Å². The van der Waals surface area contributed by atoms with E-state index in [1.807, 2.05) is 13.8 Å². The fourth-order valence-corrected chi connectivity index (χ4v) is 6.15. The summed E-state index contributed by atoms with van der Waals surface area (Å²) in [5.74, 6) is -0.882. The van der Waals surface area contributed by atoms with Crippen LogP contribution in [-0.4, -0.2) is 43.8 Å². The largest absolute Gasteiger partial charge is 0.352 e. The Morgan fingerprint density at radius 1 is 0.949 bits per heavy atom. The maximum atomic E-state index is 14.0. The molecule has 11 heteroatoms. The van der Waals surface area contributed by atoms with Gasteiger partial charge in [-0.2, -0.15) is 0 Å². The van der Waals surface area contributed by atoms with Gasteiger partial charge < -0.3 is 10.2 Å². The zero-order valence-electron chi connectivity index (χ0n) is 21.8. The van der Waals surface area contributed by atoms with Crippen LogP contribution in [0.5, 0.6) is 0 Å². The minimum absolute atomic E-state index is 0.0253. The summed E-state index contributed by atoms with van der Waals surface area (Å²) in [4.78, 5) is 28.6. The lowest BCUT2D eigenvalue weighted by atomic mass is 10.1. The second-order valence-corrected chi connectivity index (χ2v) is 12.8. The van der Waals surface area contributed by atoms with E-state index in [0.717, 1.165) is 4.31 Å². The molecule has 0 radical (unpaired) electrons. The van der Waals surface area contributed by atoms with E-state index < -0.39 is 28.5 Å². The van der Waals surface area contributed by atoms with E-state index in [4.69, 9.17) is 23.2 Å². The van der Waals surface area contributed by atoms with Crippen molar-refractivity contribution in [1.29, 1.82) is 0 Å². The molecule has 2 amide bonds. The number of amides is 2. The van der Waals surface area contributed by atoms with Crippen LogP contribution in [0.25, 0.3) is 0 Å². The molecule has 0 aliphatic carbocycles. The zero-order chi connectivity index (χ0) is 28.7. The molecule has 0 heterocycles. The molecule has 1 N–H and O–H groups in total. The number of rotatable bonds is 11. The van der Waals surface area contributed by atoms with E-state index in [0.29, 0.717) is 32.2 Å². The van der Waals surface area contributed by atoms with Gasteiger partial charge in [0, 0.05) is 17.1 Å². The molecule has 3 rings (SSSR count). The molecule has 0 unspecified atom stereocenters. The number of sulfonamides is 1. The summed E-state index contributed by atoms with van der Waals surface area (Å²) < 4.78 is 29.3. The van der Waals surface area contributed by atoms with Crippen molar-refractivity contribution in [2.75, 3.05) is 10.8 Å². The summed E-state index contributed by atoms with van der Waals surface area (Å²) in [6.07, 6.45) is 0.313. The Morgan fingerprint density at radius 2 is 1.64 bits per heavy atom. The molecule has 0 bridgehead atoms. The van der Waals surface area contributed by atoms with Crippen LogP contribution in [-0.2, 0) is 26.2 Å². The first-order valence-electron chi connectivity index (χ1n) is 12.3. The molecule has 3 aromatic carbocycles. The van der Waals surface area contributed by atoms with Gasteiger partial charge >= 0.3 is 0 Å². The quantitative estimate of drug-likeness (QED) is 0.264. The number of hydrogen-bond acceptors (Lipinski definition) is 4. The van der Waals surface area contributed by atoms with Crippen LogP contribution in [0, 0.1) is 0 Å². The second-order valence-electron chi connectivity index (χ2n) is 9.16. The summed E-state index contributed by atoms with van der Waals surface area (Å²) >= 11 is 15.7. The van der Waals surface area contributed by atoms with Gasteiger partial charge in [0.15, 0.2) is 0 Å². The van der Waals surface area contributed by atoms with Crippen molar-refractivity contribution in [3.63, 3.8) is 0 Å². The molecule has 0 spiro atoms. The lowest BCUT2D eigenvalue weighted by Gasteiger charge is -2.33. The molecule has 3 aromatic rings. The minimum atomic E-state index is -4.13. The van der Waals surface area contributed by atoms with E-state index in [1.165, 1.54) is 17.0 Å². The molecule has 0 aliphatic rings. The number of nitrogens with one attached hydrogen (secondary N) is 1. The van der Waals surface area contributed by atoms with Gasteiger partial charge in [0.1, 0.15) is 12.6 Å². The van der Waals surface area contributed by atoms with Gasteiger partial charge in [-0.15, -0.1) is 0 Å². The van der Waals surface area contributed by atoms with Gasteiger partial charge in [-0.25, -0.2) is 8.42 Å². The van der Waals surface area contributed by atoms with Gasteiger partial charge in [0.25, 0.3) is 10.0 Å². The van der Waals surface area contributed by atoms with Gasteiger partial charge in [-0.3, -0.25) is 13.9 Å². The molecule has 39 heavy (non-hydrogen) atoms. The molecular formula is C28H30BrCl2N3O4S. The Labute approximate surface area is 248 Å². The predicted octanol–water partition coefficient (Wildman–Crippen LogP) is 6.28. The standard InChI is InChI=1S/C28H30BrCl2N3O4S/c1-4-26(28(36)32-19(2)3)33(17-20-13-14-24(30)25(31)15-20)27(35)18-34(22-10-8-9-21(29)16-22)39(37,38)23-11-6-5-7-12-23/h5-16,19,26H,4,17-18H2,1-3H3,(H,32,36)/t26-/m1/s1. The Morgan fingerprint density at radius 3 is 2.23 bits per heavy atom. The van der Waals surface area contributed by atoms with Crippen LogP contribution in [0.4, 0.5) is 5.69 Å². The third-order valence-electron chi connectivity index (χ3n) is 5.86. The lowest BCUT2D eigenvalue weighted by molar-refractivity contribution is -0.140. The first-order chi connectivity index (χ1) is 18.4. The first-order valence-corrected chi connectivity index (χ1v) is 15.3. The molecule has 1 atom stereocenters. The number of halogens is 3. The van der Waals surface area contributed by atoms with E-state index >= 15 is 0 Å². The van der Waals surface area contributed by atoms with Crippen molar-refractivity contribution in [1.82, 2.24) is 10.2 Å². The smallest absolute Gasteiger partial charge is 0.264 e. The summed E-state index contributed by atoms with van der Waals surface area (Å²) in [6.45, 7) is 4.96. The number of carbonyl (C=O) groups excluding carboxylic acids is 2. The Balaban J connectivity index is 2.07. The topological polar surface area (TPSA) is 86.8 Å². The number of nitrogens with zero attached hydrogens (tertiary/aromatic N) is 2. The number of carbonyl (C=O) groups is 2. The van der Waals surface area contributed by atoms with Crippen LogP contribution in [0.3, 0.4) is 0 Å². The molecule has 208 valence electrons. The zero-order valence-corrected chi connectivity index (χ0v) is 25.7. The van der Waals surface area contributed by atoms with Crippen molar-refractivity contribution < 1.29 is 18.0 Å². The Hall–Kier alpha value is -2.59. The highest BCUT2D eigenvalue weighted by atomic mass is 79.9. The minimum Gasteiger partial charge on any atom is -0.352 e. The van der Waals surface area contributed by atoms with Gasteiger partial charge in [-0.1, -0.05) is 76.4 Å². The highest BCUT2D eigenvalue weighted by molar-refractivity contribution is 9.10. The predicted molar refractivity (Wildman–Crippen MR) is 159 cm³/mol. The van der Waals surface area contributed by atoms with E-state index in [1.54, 1.807) is 67.6 Å². The third kappa shape index (κ3) is 7.97. The van der Waals surface area contributed by atoms with Crippen molar-refractivity contribution in [3.8, 4) is 0 Å². The molecule has 7 nitrogen and oxygen atoms in total. The highest BCUT2D eigenvalue weighted by Crippen LogP contribution is 2.28. The molecule has 0 aliphatic heterocycles. The molecule has 0 saturated carbocycles. The SMILES string of the molecule is CC[C@H](C(=O)NC(C)C)N(Cc1ccc(Cl)c(Cl)c1)C(=O)CN(c1cccc(Br)c1)S(=O)(=O)c1ccccc1. The second kappa shape index (κ2) is 13.7. The van der Waals surface area contributed by atoms with Crippen LogP contribution in [0.1, 0.15) is 32.8 Å². The number of anilines is 1. The highest BCUT2D eigenvalue weighted by Gasteiger charge is 2.34. The van der Waals surface area contributed by atoms with E-state index in [9.17, 15) is 18.0 Å². The first kappa shape index (κ1) is 30.9. The third-order valence-corrected chi connectivity index (χ3v) is 8.88. The van der Waals surface area contributed by atoms with E-state index in [2.05, 4.69) is 21.2 Å². The normalized spacial score (nSPS) is 12.2. The van der Waals surface area contributed by atoms with Crippen LogP contribution < -0.4 is 9.62 Å². The Bertz CT molecular complexity index is 1420. The number of hydrogen-bond donors (Lipinski definition) is 1. The fourth-order valence-electron chi connectivity index (χ4n) is 4.01. The molecule has 0 aromatic heterocycles. The van der Waals surface area contributed by atoms with Gasteiger partial charge in [-0.05, 0) is 68.3 Å². The van der Waals surface area contributed by atoms with Crippen LogP contribution in [0.15, 0.2) is 82.2 Å². The average Bonchev–Trinajstić information content (AvgIpc) is 2.89. The van der Waals surface area contributed by atoms with Gasteiger partial charge in [0.05, 0.1) is 20.6 Å². The van der Waals surface area contributed by atoms with E-state index in [-0.39, 0.29) is 23.4 Å². The van der Waals surface area contributed by atoms with Crippen molar-refractivity contribution in [2.24, 2.45) is 0 Å². The summed E-state index contributed by atoms with van der Waals surface area (Å²) in [5, 5.41) is 3.53. The average molecular weight is 655 g/mol.